The zero-order chi connectivity index (χ0) is 11.3. The van der Waals surface area contributed by atoms with Gasteiger partial charge < -0.3 is 0 Å². The highest BCUT2D eigenvalue weighted by Gasteiger charge is 2.04. The zero-order valence-electron chi connectivity index (χ0n) is 8.53. The Morgan fingerprint density at radius 2 is 2.33 bits per heavy atom. The first kappa shape index (κ1) is 11.5. The van der Waals surface area contributed by atoms with E-state index in [1.165, 1.54) is 0 Å². The van der Waals surface area contributed by atoms with Crippen LogP contribution in [-0.4, -0.2) is 10.8 Å². The summed E-state index contributed by atoms with van der Waals surface area (Å²) in [5.74, 6) is 0.766. The molecule has 0 spiro atoms. The van der Waals surface area contributed by atoms with Crippen LogP contribution in [0.25, 0.3) is 0 Å². The van der Waals surface area contributed by atoms with Gasteiger partial charge >= 0.3 is 0 Å². The smallest absolute Gasteiger partial charge is 0.182 e. The van der Waals surface area contributed by atoms with E-state index in [0.717, 1.165) is 0 Å². The molecule has 0 radical (unpaired) electrons. The molecule has 0 saturated carbocycles. The van der Waals surface area contributed by atoms with Gasteiger partial charge in [-0.1, -0.05) is 25.4 Å². The fourth-order valence-corrected chi connectivity index (χ4v) is 1.04. The average Bonchev–Trinajstić information content (AvgIpc) is 2.20. The number of rotatable bonds is 2. The zero-order valence-corrected chi connectivity index (χ0v) is 9.28. The van der Waals surface area contributed by atoms with Gasteiger partial charge in [0.15, 0.2) is 6.19 Å². The number of aliphatic imine (C=N–C) groups is 1. The van der Waals surface area contributed by atoms with Crippen molar-refractivity contribution < 1.29 is 0 Å². The highest BCUT2D eigenvalue weighted by molar-refractivity contribution is 6.29. The van der Waals surface area contributed by atoms with E-state index in [1.807, 2.05) is 20.0 Å². The summed E-state index contributed by atoms with van der Waals surface area (Å²) in [4.78, 5) is 8.15. The SMILES string of the molecule is CC(C)C(=Nc1ccc(Cl)nc1)NC#N. The van der Waals surface area contributed by atoms with E-state index in [4.69, 9.17) is 16.9 Å². The highest BCUT2D eigenvalue weighted by atomic mass is 35.5. The van der Waals surface area contributed by atoms with Crippen molar-refractivity contribution in [1.29, 1.82) is 5.26 Å². The Morgan fingerprint density at radius 3 is 2.80 bits per heavy atom. The summed E-state index contributed by atoms with van der Waals surface area (Å²) in [7, 11) is 0. The van der Waals surface area contributed by atoms with Crippen molar-refractivity contribution in [3.05, 3.63) is 23.5 Å². The first-order valence-electron chi connectivity index (χ1n) is 4.48. The third kappa shape index (κ3) is 3.56. The van der Waals surface area contributed by atoms with E-state index < -0.39 is 0 Å². The van der Waals surface area contributed by atoms with Gasteiger partial charge in [0.05, 0.1) is 11.9 Å². The number of hydrogen-bond donors (Lipinski definition) is 1. The van der Waals surface area contributed by atoms with Gasteiger partial charge in [0, 0.05) is 5.92 Å². The summed E-state index contributed by atoms with van der Waals surface area (Å²) < 4.78 is 0. The van der Waals surface area contributed by atoms with Gasteiger partial charge in [-0.25, -0.2) is 9.98 Å². The van der Waals surface area contributed by atoms with Crippen LogP contribution in [0.5, 0.6) is 0 Å². The molecule has 1 aromatic rings. The molecule has 5 heteroatoms. The average molecular weight is 223 g/mol. The minimum atomic E-state index is 0.153. The van der Waals surface area contributed by atoms with Crippen LogP contribution in [0.4, 0.5) is 5.69 Å². The predicted molar refractivity (Wildman–Crippen MR) is 59.9 cm³/mol. The molecule has 0 bridgehead atoms. The number of nitrogens with zero attached hydrogens (tertiary/aromatic N) is 3. The molecule has 15 heavy (non-hydrogen) atoms. The van der Waals surface area contributed by atoms with Crippen molar-refractivity contribution in [1.82, 2.24) is 10.3 Å². The van der Waals surface area contributed by atoms with Crippen LogP contribution in [0.1, 0.15) is 13.8 Å². The Labute approximate surface area is 93.6 Å². The van der Waals surface area contributed by atoms with Crippen LogP contribution < -0.4 is 5.32 Å². The Hall–Kier alpha value is -1.60. The quantitative estimate of drug-likeness (QED) is 0.275. The monoisotopic (exact) mass is 222 g/mol. The van der Waals surface area contributed by atoms with Crippen molar-refractivity contribution in [2.24, 2.45) is 10.9 Å². The predicted octanol–water partition coefficient (Wildman–Crippen LogP) is 2.49. The number of aromatic nitrogens is 1. The second kappa shape index (κ2) is 5.32. The molecule has 0 amide bonds. The Morgan fingerprint density at radius 1 is 1.60 bits per heavy atom. The fraction of sp³-hybridized carbons (Fsp3) is 0.300. The number of nitriles is 1. The standard InChI is InChI=1S/C10H11ClN4/c1-7(2)10(14-6-12)15-8-3-4-9(11)13-5-8/h3-5,7H,1-2H3,(H,14,15). The van der Waals surface area contributed by atoms with Crippen molar-refractivity contribution in [2.45, 2.75) is 13.8 Å². The van der Waals surface area contributed by atoms with E-state index in [2.05, 4.69) is 15.3 Å². The van der Waals surface area contributed by atoms with Crippen molar-refractivity contribution in [3.63, 3.8) is 0 Å². The molecule has 0 unspecified atom stereocenters. The first-order valence-corrected chi connectivity index (χ1v) is 4.86. The molecule has 0 fully saturated rings. The molecule has 1 N–H and O–H groups in total. The van der Waals surface area contributed by atoms with Gasteiger partial charge in [-0.3, -0.25) is 5.32 Å². The molecule has 1 aromatic heterocycles. The van der Waals surface area contributed by atoms with Gasteiger partial charge in [0.2, 0.25) is 0 Å². The summed E-state index contributed by atoms with van der Waals surface area (Å²) in [6.45, 7) is 3.90. The molecule has 0 aromatic carbocycles. The van der Waals surface area contributed by atoms with Crippen molar-refractivity contribution >= 4 is 23.1 Å². The molecule has 0 aliphatic carbocycles. The number of hydrogen-bond acceptors (Lipinski definition) is 3. The summed E-state index contributed by atoms with van der Waals surface area (Å²) in [5.41, 5.74) is 0.672. The van der Waals surface area contributed by atoms with Crippen LogP contribution in [-0.2, 0) is 0 Å². The number of amidine groups is 1. The van der Waals surface area contributed by atoms with E-state index in [0.29, 0.717) is 16.7 Å². The summed E-state index contributed by atoms with van der Waals surface area (Å²) >= 11 is 5.64. The minimum Gasteiger partial charge on any atom is -0.280 e. The Kier molecular flexibility index (Phi) is 4.07. The van der Waals surface area contributed by atoms with Gasteiger partial charge in [0.25, 0.3) is 0 Å². The lowest BCUT2D eigenvalue weighted by atomic mass is 10.2. The molecule has 0 saturated heterocycles. The van der Waals surface area contributed by atoms with Crippen molar-refractivity contribution in [2.75, 3.05) is 0 Å². The second-order valence-corrected chi connectivity index (χ2v) is 3.61. The lowest BCUT2D eigenvalue weighted by Crippen LogP contribution is -2.23. The Bertz CT molecular complexity index is 389. The lowest BCUT2D eigenvalue weighted by molar-refractivity contribution is 0.851. The van der Waals surface area contributed by atoms with Crippen LogP contribution in [0.15, 0.2) is 23.3 Å². The topological polar surface area (TPSA) is 61.1 Å². The maximum absolute atomic E-state index is 8.53. The van der Waals surface area contributed by atoms with Gasteiger partial charge in [-0.2, -0.15) is 5.26 Å². The van der Waals surface area contributed by atoms with Crippen LogP contribution in [0.2, 0.25) is 5.15 Å². The number of pyridine rings is 1. The molecule has 0 atom stereocenters. The molecule has 1 rings (SSSR count). The first-order chi connectivity index (χ1) is 7.13. The van der Waals surface area contributed by atoms with Crippen LogP contribution >= 0.6 is 11.6 Å². The number of halogens is 1. The van der Waals surface area contributed by atoms with Gasteiger partial charge in [0.1, 0.15) is 11.0 Å². The summed E-state index contributed by atoms with van der Waals surface area (Å²) in [5, 5.41) is 11.5. The maximum Gasteiger partial charge on any atom is 0.182 e. The normalized spacial score (nSPS) is 11.3. The highest BCUT2D eigenvalue weighted by Crippen LogP contribution is 2.14. The van der Waals surface area contributed by atoms with E-state index >= 15 is 0 Å². The molecular formula is C10H11ClN4. The molecular weight excluding hydrogens is 212 g/mol. The Balaban J connectivity index is 2.92. The molecule has 78 valence electrons. The molecule has 0 aliphatic rings. The van der Waals surface area contributed by atoms with Crippen LogP contribution in [0.3, 0.4) is 0 Å². The third-order valence-electron chi connectivity index (χ3n) is 1.69. The molecule has 0 aliphatic heterocycles. The summed E-state index contributed by atoms with van der Waals surface area (Å²) in [6.07, 6.45) is 3.41. The largest absolute Gasteiger partial charge is 0.280 e. The molecule has 1 heterocycles. The second-order valence-electron chi connectivity index (χ2n) is 3.23. The van der Waals surface area contributed by atoms with E-state index in [-0.39, 0.29) is 5.92 Å². The number of nitrogens with one attached hydrogen (secondary N) is 1. The molecule has 4 nitrogen and oxygen atoms in total. The minimum absolute atomic E-state index is 0.153. The lowest BCUT2D eigenvalue weighted by Gasteiger charge is -2.06. The van der Waals surface area contributed by atoms with Gasteiger partial charge in [-0.05, 0) is 12.1 Å². The van der Waals surface area contributed by atoms with Gasteiger partial charge in [-0.15, -0.1) is 0 Å². The van der Waals surface area contributed by atoms with Crippen LogP contribution in [0, 0.1) is 17.4 Å². The van der Waals surface area contributed by atoms with Crippen molar-refractivity contribution in [3.8, 4) is 6.19 Å². The summed E-state index contributed by atoms with van der Waals surface area (Å²) in [6, 6.07) is 3.40. The fourth-order valence-electron chi connectivity index (χ4n) is 0.932. The van der Waals surface area contributed by atoms with E-state index in [9.17, 15) is 0 Å². The third-order valence-corrected chi connectivity index (χ3v) is 1.92. The maximum atomic E-state index is 8.53. The van der Waals surface area contributed by atoms with E-state index in [1.54, 1.807) is 18.3 Å².